The highest BCUT2D eigenvalue weighted by molar-refractivity contribution is 6.34. The van der Waals surface area contributed by atoms with E-state index in [0.29, 0.717) is 17.1 Å². The average molecular weight is 271 g/mol. The van der Waals surface area contributed by atoms with E-state index < -0.39 is 5.54 Å². The van der Waals surface area contributed by atoms with Crippen LogP contribution >= 0.6 is 11.6 Å². The first-order chi connectivity index (χ1) is 8.41. The predicted octanol–water partition coefficient (Wildman–Crippen LogP) is 2.93. The molecule has 1 atom stereocenters. The Bertz CT molecular complexity index is 431. The molecule has 0 saturated carbocycles. The molecule has 0 saturated heterocycles. The molecule has 1 unspecified atom stereocenters. The molecule has 1 aromatic carbocycles. The summed E-state index contributed by atoms with van der Waals surface area (Å²) in [5.41, 5.74) is 0.834. The van der Waals surface area contributed by atoms with Gasteiger partial charge in [-0.1, -0.05) is 30.7 Å². The number of hydrogen-bond donors (Lipinski definition) is 3. The summed E-state index contributed by atoms with van der Waals surface area (Å²) >= 11 is 6.08. The van der Waals surface area contributed by atoms with Gasteiger partial charge in [0, 0.05) is 0 Å². The number of anilines is 1. The molecule has 0 aliphatic carbocycles. The highest BCUT2D eigenvalue weighted by atomic mass is 35.5. The van der Waals surface area contributed by atoms with Gasteiger partial charge in [0.25, 0.3) is 0 Å². The van der Waals surface area contributed by atoms with Gasteiger partial charge in [0.05, 0.1) is 22.9 Å². The highest BCUT2D eigenvalue weighted by Crippen LogP contribution is 2.25. The number of amides is 2. The van der Waals surface area contributed by atoms with Crippen molar-refractivity contribution in [3.63, 3.8) is 0 Å². The topological polar surface area (TPSA) is 61.4 Å². The predicted molar refractivity (Wildman–Crippen MR) is 74.1 cm³/mol. The zero-order valence-electron chi connectivity index (χ0n) is 10.9. The Labute approximate surface area is 112 Å². The van der Waals surface area contributed by atoms with Crippen LogP contribution < -0.4 is 10.6 Å². The summed E-state index contributed by atoms with van der Waals surface area (Å²) in [5, 5.41) is 15.2. The van der Waals surface area contributed by atoms with Crippen LogP contribution in [0.1, 0.15) is 25.8 Å². The van der Waals surface area contributed by atoms with Crippen LogP contribution in [0.2, 0.25) is 5.02 Å². The van der Waals surface area contributed by atoms with Crippen LogP contribution in [0.4, 0.5) is 10.5 Å². The number of aliphatic hydroxyl groups excluding tert-OH is 1. The Morgan fingerprint density at radius 1 is 1.50 bits per heavy atom. The van der Waals surface area contributed by atoms with Crippen molar-refractivity contribution in [3.05, 3.63) is 28.8 Å². The van der Waals surface area contributed by atoms with Crippen molar-refractivity contribution in [2.45, 2.75) is 32.7 Å². The number of urea groups is 1. The molecule has 2 amide bonds. The molecular weight excluding hydrogens is 252 g/mol. The number of carbonyl (C=O) groups excluding carboxylic acids is 1. The van der Waals surface area contributed by atoms with E-state index in [1.807, 2.05) is 26.0 Å². The van der Waals surface area contributed by atoms with Crippen LogP contribution in [0.15, 0.2) is 18.2 Å². The van der Waals surface area contributed by atoms with Crippen molar-refractivity contribution in [3.8, 4) is 0 Å². The van der Waals surface area contributed by atoms with Crippen LogP contribution in [0.3, 0.4) is 0 Å². The van der Waals surface area contributed by atoms with Crippen molar-refractivity contribution in [2.24, 2.45) is 0 Å². The van der Waals surface area contributed by atoms with Crippen LogP contribution in [-0.4, -0.2) is 23.3 Å². The van der Waals surface area contributed by atoms with Crippen molar-refractivity contribution < 1.29 is 9.90 Å². The van der Waals surface area contributed by atoms with Gasteiger partial charge >= 0.3 is 6.03 Å². The zero-order valence-corrected chi connectivity index (χ0v) is 11.6. The quantitative estimate of drug-likeness (QED) is 0.788. The summed E-state index contributed by atoms with van der Waals surface area (Å²) < 4.78 is 0. The van der Waals surface area contributed by atoms with E-state index in [1.165, 1.54) is 0 Å². The maximum absolute atomic E-state index is 11.8. The van der Waals surface area contributed by atoms with Crippen LogP contribution in [-0.2, 0) is 0 Å². The lowest BCUT2D eigenvalue weighted by Gasteiger charge is -2.27. The van der Waals surface area contributed by atoms with Gasteiger partial charge in [0.15, 0.2) is 0 Å². The first-order valence-electron chi connectivity index (χ1n) is 5.87. The van der Waals surface area contributed by atoms with Gasteiger partial charge in [0.1, 0.15) is 0 Å². The molecule has 5 heteroatoms. The molecule has 1 rings (SSSR count). The third-order valence-corrected chi connectivity index (χ3v) is 3.49. The smallest absolute Gasteiger partial charge is 0.319 e. The second kappa shape index (κ2) is 6.07. The molecular formula is C13H19ClN2O2. The zero-order chi connectivity index (χ0) is 13.8. The monoisotopic (exact) mass is 270 g/mol. The number of aryl methyl sites for hydroxylation is 1. The number of carbonyl (C=O) groups is 1. The van der Waals surface area contributed by atoms with Gasteiger partial charge in [0.2, 0.25) is 0 Å². The van der Waals surface area contributed by atoms with E-state index in [1.54, 1.807) is 13.0 Å². The van der Waals surface area contributed by atoms with Gasteiger partial charge in [-0.2, -0.15) is 0 Å². The Morgan fingerprint density at radius 2 is 2.17 bits per heavy atom. The second-order valence-corrected chi connectivity index (χ2v) is 4.97. The van der Waals surface area contributed by atoms with Crippen LogP contribution in [0.5, 0.6) is 0 Å². The molecule has 3 N–H and O–H groups in total. The lowest BCUT2D eigenvalue weighted by molar-refractivity contribution is 0.172. The van der Waals surface area contributed by atoms with Crippen LogP contribution in [0, 0.1) is 6.92 Å². The van der Waals surface area contributed by atoms with Gasteiger partial charge in [-0.05, 0) is 31.9 Å². The Hall–Kier alpha value is -1.26. The molecule has 0 aliphatic rings. The third-order valence-electron chi connectivity index (χ3n) is 2.98. The summed E-state index contributed by atoms with van der Waals surface area (Å²) in [4.78, 5) is 11.8. The van der Waals surface area contributed by atoms with E-state index in [-0.39, 0.29) is 12.6 Å². The number of hydrogen-bond acceptors (Lipinski definition) is 2. The Kier molecular flexibility index (Phi) is 4.99. The summed E-state index contributed by atoms with van der Waals surface area (Å²) in [7, 11) is 0. The molecule has 0 heterocycles. The SMILES string of the molecule is CCC(C)(CO)NC(=O)Nc1cccc(C)c1Cl. The van der Waals surface area contributed by atoms with E-state index in [9.17, 15) is 9.90 Å². The summed E-state index contributed by atoms with van der Waals surface area (Å²) in [5.74, 6) is 0. The second-order valence-electron chi connectivity index (χ2n) is 4.59. The van der Waals surface area contributed by atoms with E-state index in [0.717, 1.165) is 5.56 Å². The minimum atomic E-state index is -0.625. The summed E-state index contributed by atoms with van der Waals surface area (Å²) in [6.45, 7) is 5.44. The number of rotatable bonds is 4. The van der Waals surface area contributed by atoms with Gasteiger partial charge < -0.3 is 15.7 Å². The molecule has 4 nitrogen and oxygen atoms in total. The molecule has 18 heavy (non-hydrogen) atoms. The number of halogens is 1. The van der Waals surface area contributed by atoms with Gasteiger partial charge in [-0.3, -0.25) is 0 Å². The average Bonchev–Trinajstić information content (AvgIpc) is 2.34. The molecule has 100 valence electrons. The van der Waals surface area contributed by atoms with Crippen molar-refractivity contribution in [1.82, 2.24) is 5.32 Å². The lowest BCUT2D eigenvalue weighted by atomic mass is 10.0. The van der Waals surface area contributed by atoms with Crippen molar-refractivity contribution in [2.75, 3.05) is 11.9 Å². The maximum atomic E-state index is 11.8. The number of benzene rings is 1. The lowest BCUT2D eigenvalue weighted by Crippen LogP contribution is -2.50. The molecule has 0 spiro atoms. The molecule has 0 radical (unpaired) electrons. The van der Waals surface area contributed by atoms with Gasteiger partial charge in [-0.25, -0.2) is 4.79 Å². The first-order valence-corrected chi connectivity index (χ1v) is 6.25. The Balaban J connectivity index is 2.74. The van der Waals surface area contributed by atoms with Crippen molar-refractivity contribution >= 4 is 23.3 Å². The van der Waals surface area contributed by atoms with Crippen molar-refractivity contribution in [1.29, 1.82) is 0 Å². The standard InChI is InChI=1S/C13H19ClN2O2/c1-4-13(3,8-17)16-12(18)15-10-7-5-6-9(2)11(10)14/h5-7,17H,4,8H2,1-3H3,(H2,15,16,18). The Morgan fingerprint density at radius 3 is 2.72 bits per heavy atom. The maximum Gasteiger partial charge on any atom is 0.319 e. The summed E-state index contributed by atoms with van der Waals surface area (Å²) in [6.07, 6.45) is 0.637. The molecule has 1 aromatic rings. The third kappa shape index (κ3) is 3.62. The normalized spacial score (nSPS) is 13.8. The fourth-order valence-corrected chi connectivity index (χ4v) is 1.58. The minimum absolute atomic E-state index is 0.113. The van der Waals surface area contributed by atoms with E-state index >= 15 is 0 Å². The fraction of sp³-hybridized carbons (Fsp3) is 0.462. The molecule has 0 aliphatic heterocycles. The summed E-state index contributed by atoms with van der Waals surface area (Å²) in [6, 6.07) is 5.05. The highest BCUT2D eigenvalue weighted by Gasteiger charge is 2.23. The van der Waals surface area contributed by atoms with E-state index in [4.69, 9.17) is 11.6 Å². The molecule has 0 aromatic heterocycles. The van der Waals surface area contributed by atoms with Gasteiger partial charge in [-0.15, -0.1) is 0 Å². The van der Waals surface area contributed by atoms with E-state index in [2.05, 4.69) is 10.6 Å². The number of nitrogens with one attached hydrogen (secondary N) is 2. The molecule has 0 fully saturated rings. The fourth-order valence-electron chi connectivity index (χ4n) is 1.41. The van der Waals surface area contributed by atoms with Crippen LogP contribution in [0.25, 0.3) is 0 Å². The number of aliphatic hydroxyl groups is 1. The largest absolute Gasteiger partial charge is 0.394 e. The first kappa shape index (κ1) is 14.8. The molecule has 0 bridgehead atoms. The minimum Gasteiger partial charge on any atom is -0.394 e.